The minimum Gasteiger partial charge on any atom is -0.294 e. The molecule has 0 fully saturated rings. The SMILES string of the molecule is CC(=O)c1ccccc1Sc1ccc(Cl)cc1Cl. The normalized spacial score (nSPS) is 10.4. The average molecular weight is 297 g/mol. The molecule has 0 aliphatic carbocycles. The molecular weight excluding hydrogens is 287 g/mol. The highest BCUT2D eigenvalue weighted by Gasteiger charge is 2.09. The lowest BCUT2D eigenvalue weighted by molar-refractivity contribution is 0.101. The first-order chi connectivity index (χ1) is 8.58. The fourth-order valence-electron chi connectivity index (χ4n) is 1.52. The third-order valence-electron chi connectivity index (χ3n) is 2.38. The molecule has 0 aliphatic rings. The van der Waals surface area contributed by atoms with Crippen LogP contribution in [0.1, 0.15) is 17.3 Å². The van der Waals surface area contributed by atoms with Crippen LogP contribution in [-0.4, -0.2) is 5.78 Å². The van der Waals surface area contributed by atoms with Crippen molar-refractivity contribution in [2.75, 3.05) is 0 Å². The molecule has 1 nitrogen and oxygen atoms in total. The highest BCUT2D eigenvalue weighted by molar-refractivity contribution is 7.99. The molecule has 4 heteroatoms. The molecule has 0 bridgehead atoms. The molecule has 2 aromatic carbocycles. The molecule has 0 saturated heterocycles. The first kappa shape index (κ1) is 13.5. The molecule has 0 radical (unpaired) electrons. The van der Waals surface area contributed by atoms with E-state index in [9.17, 15) is 4.79 Å². The third-order valence-corrected chi connectivity index (χ3v) is 4.19. The lowest BCUT2D eigenvalue weighted by atomic mass is 10.1. The molecule has 0 aromatic heterocycles. The van der Waals surface area contributed by atoms with Gasteiger partial charge >= 0.3 is 0 Å². The van der Waals surface area contributed by atoms with E-state index in [0.29, 0.717) is 15.6 Å². The molecule has 0 N–H and O–H groups in total. The predicted octanol–water partition coefficient (Wildman–Crippen LogP) is 5.35. The van der Waals surface area contributed by atoms with Crippen LogP contribution < -0.4 is 0 Å². The molecule has 2 rings (SSSR count). The lowest BCUT2D eigenvalue weighted by Gasteiger charge is -2.08. The Morgan fingerprint density at radius 1 is 1.06 bits per heavy atom. The summed E-state index contributed by atoms with van der Waals surface area (Å²) in [6.07, 6.45) is 0. The summed E-state index contributed by atoms with van der Waals surface area (Å²) in [6.45, 7) is 1.56. The minimum absolute atomic E-state index is 0.0446. The summed E-state index contributed by atoms with van der Waals surface area (Å²) in [5, 5.41) is 1.19. The Morgan fingerprint density at radius 2 is 1.78 bits per heavy atom. The maximum atomic E-state index is 11.5. The molecule has 18 heavy (non-hydrogen) atoms. The summed E-state index contributed by atoms with van der Waals surface area (Å²) in [5.74, 6) is 0.0446. The van der Waals surface area contributed by atoms with Crippen molar-refractivity contribution in [3.63, 3.8) is 0 Å². The van der Waals surface area contributed by atoms with E-state index in [0.717, 1.165) is 9.79 Å². The van der Waals surface area contributed by atoms with Gasteiger partial charge in [-0.05, 0) is 31.2 Å². The molecular formula is C14H10Cl2OS. The number of Topliss-reactive ketones (excluding diaryl/α,β-unsaturated/α-hetero) is 1. The standard InChI is InChI=1S/C14H10Cl2OS/c1-9(17)11-4-2-3-5-13(11)18-14-7-6-10(15)8-12(14)16/h2-8H,1H3. The number of benzene rings is 2. The van der Waals surface area contributed by atoms with E-state index < -0.39 is 0 Å². The van der Waals surface area contributed by atoms with Crippen molar-refractivity contribution in [2.45, 2.75) is 16.7 Å². The van der Waals surface area contributed by atoms with E-state index in [1.54, 1.807) is 19.1 Å². The second-order valence-corrected chi connectivity index (χ2v) is 5.66. The minimum atomic E-state index is 0.0446. The van der Waals surface area contributed by atoms with Crippen molar-refractivity contribution >= 4 is 40.7 Å². The number of hydrogen-bond donors (Lipinski definition) is 0. The topological polar surface area (TPSA) is 17.1 Å². The second-order valence-electron chi connectivity index (χ2n) is 3.73. The van der Waals surface area contributed by atoms with Gasteiger partial charge < -0.3 is 0 Å². The molecule has 0 atom stereocenters. The van der Waals surface area contributed by atoms with E-state index in [2.05, 4.69) is 0 Å². The zero-order chi connectivity index (χ0) is 13.1. The number of carbonyl (C=O) groups is 1. The van der Waals surface area contributed by atoms with E-state index in [-0.39, 0.29) is 5.78 Å². The van der Waals surface area contributed by atoms with Crippen LogP contribution in [0, 0.1) is 0 Å². The Kier molecular flexibility index (Phi) is 4.33. The van der Waals surface area contributed by atoms with Gasteiger partial charge in [-0.2, -0.15) is 0 Å². The molecule has 0 unspecified atom stereocenters. The summed E-state index contributed by atoms with van der Waals surface area (Å²) in [5.41, 5.74) is 0.702. The van der Waals surface area contributed by atoms with Crippen LogP contribution in [0.4, 0.5) is 0 Å². The maximum absolute atomic E-state index is 11.5. The summed E-state index contributed by atoms with van der Waals surface area (Å²) < 4.78 is 0. The Hall–Kier alpha value is -0.960. The van der Waals surface area contributed by atoms with Crippen LogP contribution in [0.3, 0.4) is 0 Å². The van der Waals surface area contributed by atoms with Crippen LogP contribution in [0.25, 0.3) is 0 Å². The number of halogens is 2. The molecule has 0 aliphatic heterocycles. The van der Waals surface area contributed by atoms with Gasteiger partial charge in [-0.1, -0.05) is 53.2 Å². The van der Waals surface area contributed by atoms with Gasteiger partial charge in [-0.3, -0.25) is 4.79 Å². The van der Waals surface area contributed by atoms with Crippen molar-refractivity contribution in [1.82, 2.24) is 0 Å². The van der Waals surface area contributed by atoms with Crippen molar-refractivity contribution in [3.8, 4) is 0 Å². The molecule has 2 aromatic rings. The first-order valence-electron chi connectivity index (χ1n) is 5.31. The van der Waals surface area contributed by atoms with Crippen LogP contribution in [0.15, 0.2) is 52.3 Å². The second kappa shape index (κ2) is 5.79. The monoisotopic (exact) mass is 296 g/mol. The van der Waals surface area contributed by atoms with Gasteiger partial charge in [0.15, 0.2) is 5.78 Å². The summed E-state index contributed by atoms with van der Waals surface area (Å²) >= 11 is 13.4. The van der Waals surface area contributed by atoms with E-state index in [1.807, 2.05) is 30.3 Å². The zero-order valence-corrected chi connectivity index (χ0v) is 11.9. The molecule has 0 heterocycles. The highest BCUT2D eigenvalue weighted by atomic mass is 35.5. The summed E-state index contributed by atoms with van der Waals surface area (Å²) in [6, 6.07) is 12.8. The number of ketones is 1. The summed E-state index contributed by atoms with van der Waals surface area (Å²) in [4.78, 5) is 13.3. The Bertz CT molecular complexity index is 596. The third kappa shape index (κ3) is 3.08. The van der Waals surface area contributed by atoms with Gasteiger partial charge in [0.2, 0.25) is 0 Å². The van der Waals surface area contributed by atoms with Crippen LogP contribution in [0.5, 0.6) is 0 Å². The Labute approximate surface area is 120 Å². The Morgan fingerprint density at radius 3 is 2.44 bits per heavy atom. The maximum Gasteiger partial charge on any atom is 0.160 e. The lowest BCUT2D eigenvalue weighted by Crippen LogP contribution is -1.94. The van der Waals surface area contributed by atoms with E-state index >= 15 is 0 Å². The van der Waals surface area contributed by atoms with Gasteiger partial charge in [0.25, 0.3) is 0 Å². The first-order valence-corrected chi connectivity index (χ1v) is 6.88. The van der Waals surface area contributed by atoms with Crippen LogP contribution >= 0.6 is 35.0 Å². The van der Waals surface area contributed by atoms with E-state index in [4.69, 9.17) is 23.2 Å². The van der Waals surface area contributed by atoms with Crippen LogP contribution in [-0.2, 0) is 0 Å². The molecule has 0 amide bonds. The number of hydrogen-bond acceptors (Lipinski definition) is 2. The van der Waals surface area contributed by atoms with Crippen molar-refractivity contribution < 1.29 is 4.79 Å². The van der Waals surface area contributed by atoms with Gasteiger partial charge in [0, 0.05) is 20.4 Å². The molecule has 92 valence electrons. The predicted molar refractivity (Wildman–Crippen MR) is 77.0 cm³/mol. The van der Waals surface area contributed by atoms with Gasteiger partial charge in [0.05, 0.1) is 5.02 Å². The quantitative estimate of drug-likeness (QED) is 0.711. The number of carbonyl (C=O) groups excluding carboxylic acids is 1. The summed E-state index contributed by atoms with van der Waals surface area (Å²) in [7, 11) is 0. The fraction of sp³-hybridized carbons (Fsp3) is 0.0714. The fourth-order valence-corrected chi connectivity index (χ4v) is 3.04. The van der Waals surface area contributed by atoms with Crippen molar-refractivity contribution in [3.05, 3.63) is 58.1 Å². The zero-order valence-electron chi connectivity index (χ0n) is 9.61. The van der Waals surface area contributed by atoms with Crippen molar-refractivity contribution in [2.24, 2.45) is 0 Å². The van der Waals surface area contributed by atoms with Crippen molar-refractivity contribution in [1.29, 1.82) is 0 Å². The van der Waals surface area contributed by atoms with Crippen LogP contribution in [0.2, 0.25) is 10.0 Å². The van der Waals surface area contributed by atoms with Gasteiger partial charge in [-0.15, -0.1) is 0 Å². The number of rotatable bonds is 3. The molecule has 0 spiro atoms. The Balaban J connectivity index is 2.37. The average Bonchev–Trinajstić information content (AvgIpc) is 2.33. The van der Waals surface area contributed by atoms with E-state index in [1.165, 1.54) is 11.8 Å². The van der Waals surface area contributed by atoms with Gasteiger partial charge in [0.1, 0.15) is 0 Å². The largest absolute Gasteiger partial charge is 0.294 e. The smallest absolute Gasteiger partial charge is 0.160 e. The highest BCUT2D eigenvalue weighted by Crippen LogP contribution is 2.36. The molecule has 0 saturated carbocycles. The van der Waals surface area contributed by atoms with Gasteiger partial charge in [-0.25, -0.2) is 0 Å².